The Balaban J connectivity index is 1.49. The number of halogens is 2. The summed E-state index contributed by atoms with van der Waals surface area (Å²) in [6.07, 6.45) is 4.66. The number of aromatic nitrogens is 3. The van der Waals surface area contributed by atoms with Gasteiger partial charge >= 0.3 is 0 Å². The first kappa shape index (κ1) is 34.4. The molecule has 0 bridgehead atoms. The fourth-order valence-corrected chi connectivity index (χ4v) is 7.48. The van der Waals surface area contributed by atoms with Gasteiger partial charge in [-0.15, -0.1) is 0 Å². The van der Waals surface area contributed by atoms with Gasteiger partial charge < -0.3 is 29.2 Å². The van der Waals surface area contributed by atoms with E-state index in [0.29, 0.717) is 51.9 Å². The maximum Gasteiger partial charge on any atom is 0.300 e. The van der Waals surface area contributed by atoms with Gasteiger partial charge in [0.15, 0.2) is 5.82 Å². The molecule has 0 radical (unpaired) electrons. The van der Waals surface area contributed by atoms with E-state index >= 15 is 0 Å². The molecule has 11 nitrogen and oxygen atoms in total. The largest absolute Gasteiger partial charge is 0.496 e. The number of fused-ring (bicyclic) bond motifs is 1. The Morgan fingerprint density at radius 1 is 1.00 bits per heavy atom. The molecule has 2 aromatic heterocycles. The van der Waals surface area contributed by atoms with Crippen LogP contribution in [0.15, 0.2) is 35.3 Å². The molecular formula is C36H37Cl2N5O6. The number of nitrogens with one attached hydrogen (secondary N) is 1. The predicted octanol–water partition coefficient (Wildman–Crippen LogP) is 6.45. The van der Waals surface area contributed by atoms with E-state index in [-0.39, 0.29) is 32.1 Å². The van der Waals surface area contributed by atoms with Gasteiger partial charge in [-0.2, -0.15) is 0 Å². The van der Waals surface area contributed by atoms with E-state index in [1.165, 1.54) is 18.8 Å². The molecule has 13 heteroatoms. The van der Waals surface area contributed by atoms with Crippen molar-refractivity contribution in [3.63, 3.8) is 0 Å². The summed E-state index contributed by atoms with van der Waals surface area (Å²) in [5.41, 5.74) is 2.68. The minimum absolute atomic E-state index is 0.170. The second-order valence-corrected chi connectivity index (χ2v) is 12.8. The molecule has 49 heavy (non-hydrogen) atoms. The number of hydrogen-bond donors (Lipinski definition) is 1. The molecule has 1 amide bonds. The van der Waals surface area contributed by atoms with Crippen LogP contribution in [0.25, 0.3) is 33.5 Å². The lowest BCUT2D eigenvalue weighted by atomic mass is 9.80. The number of nitrogens with zero attached hydrogens (tertiary/aromatic N) is 4. The first-order valence-corrected chi connectivity index (χ1v) is 16.7. The average molecular weight is 707 g/mol. The maximum atomic E-state index is 14.1. The number of pyridine rings is 1. The Bertz CT molecular complexity index is 2040. The van der Waals surface area contributed by atoms with Crippen molar-refractivity contribution in [2.45, 2.75) is 39.7 Å². The molecule has 2 saturated heterocycles. The number of methoxy groups -OCH3 is 3. The molecule has 0 unspecified atom stereocenters. The number of amides is 1. The topological polar surface area (TPSA) is 117 Å². The Morgan fingerprint density at radius 3 is 2.33 bits per heavy atom. The number of aryl methyl sites for hydroxylation is 1. The number of benzene rings is 2. The lowest BCUT2D eigenvalue weighted by Crippen LogP contribution is -2.33. The van der Waals surface area contributed by atoms with Crippen molar-refractivity contribution in [3.05, 3.63) is 50.9 Å². The summed E-state index contributed by atoms with van der Waals surface area (Å²) in [6, 6.07) is 6.95. The van der Waals surface area contributed by atoms with Crippen LogP contribution < -0.4 is 30.0 Å². The van der Waals surface area contributed by atoms with E-state index in [1.807, 2.05) is 19.1 Å². The normalized spacial score (nSPS) is 15.2. The summed E-state index contributed by atoms with van der Waals surface area (Å²) in [6.45, 7) is 6.93. The van der Waals surface area contributed by atoms with E-state index in [4.69, 9.17) is 52.1 Å². The standard InChI is InChI=1S/C36H37Cl2N5O6/c1-6-8-29(44)40-24-16-22(26(46-3)17-25(24)42-12-9-36(20-42)10-13-49-14-11-36)33-39-19-21-15-23(35(45)43(7-2)34(21)41-33)30-31(37)27(47-4)18-28(48-5)32(30)38/h15-19H,7,9-14,20H2,1-5H3,(H,40,44). The van der Waals surface area contributed by atoms with Gasteiger partial charge in [-0.25, -0.2) is 9.97 Å². The van der Waals surface area contributed by atoms with Crippen LogP contribution >= 0.6 is 23.2 Å². The summed E-state index contributed by atoms with van der Waals surface area (Å²) in [4.78, 5) is 38.7. The van der Waals surface area contributed by atoms with E-state index in [2.05, 4.69) is 22.1 Å². The molecule has 4 aromatic rings. The summed E-state index contributed by atoms with van der Waals surface area (Å²) in [5.74, 6) is 6.26. The zero-order valence-corrected chi connectivity index (χ0v) is 29.5. The zero-order valence-electron chi connectivity index (χ0n) is 28.0. The Kier molecular flexibility index (Phi) is 9.93. The monoisotopic (exact) mass is 705 g/mol. The van der Waals surface area contributed by atoms with Crippen LogP contribution in [-0.4, -0.2) is 68.1 Å². The minimum atomic E-state index is -0.432. The summed E-state index contributed by atoms with van der Waals surface area (Å²) < 4.78 is 23.9. The summed E-state index contributed by atoms with van der Waals surface area (Å²) in [5, 5.41) is 3.91. The smallest absolute Gasteiger partial charge is 0.300 e. The molecule has 4 heterocycles. The molecule has 1 N–H and O–H groups in total. The molecule has 0 saturated carbocycles. The molecule has 0 aliphatic carbocycles. The second-order valence-electron chi connectivity index (χ2n) is 12.0. The molecular weight excluding hydrogens is 669 g/mol. The van der Waals surface area contributed by atoms with Crippen LogP contribution in [0.5, 0.6) is 17.2 Å². The van der Waals surface area contributed by atoms with Gasteiger partial charge in [-0.05, 0) is 56.6 Å². The highest BCUT2D eigenvalue weighted by atomic mass is 35.5. The first-order chi connectivity index (χ1) is 23.7. The molecule has 2 aliphatic rings. The maximum absolute atomic E-state index is 14.1. The molecule has 2 aromatic carbocycles. The first-order valence-electron chi connectivity index (χ1n) is 16.0. The Morgan fingerprint density at radius 2 is 1.69 bits per heavy atom. The molecule has 1 spiro atoms. The fourth-order valence-electron chi connectivity index (χ4n) is 6.78. The number of anilines is 2. The van der Waals surface area contributed by atoms with Gasteiger partial charge in [-0.1, -0.05) is 29.1 Å². The van der Waals surface area contributed by atoms with Crippen molar-refractivity contribution in [2.75, 3.05) is 57.8 Å². The van der Waals surface area contributed by atoms with Crippen molar-refractivity contribution in [2.24, 2.45) is 5.41 Å². The molecule has 6 rings (SSSR count). The van der Waals surface area contributed by atoms with Gasteiger partial charge in [0.05, 0.1) is 53.9 Å². The predicted molar refractivity (Wildman–Crippen MR) is 191 cm³/mol. The third-order valence-corrected chi connectivity index (χ3v) is 10.1. The summed E-state index contributed by atoms with van der Waals surface area (Å²) >= 11 is 13.4. The van der Waals surface area contributed by atoms with E-state index in [0.717, 1.165) is 51.3 Å². The fraction of sp³-hybridized carbons (Fsp3) is 0.389. The second kappa shape index (κ2) is 14.2. The van der Waals surface area contributed by atoms with Crippen molar-refractivity contribution < 1.29 is 23.7 Å². The quantitative estimate of drug-likeness (QED) is 0.207. The Labute approximate surface area is 294 Å². The van der Waals surface area contributed by atoms with Crippen molar-refractivity contribution in [1.82, 2.24) is 14.5 Å². The number of carbonyl (C=O) groups is 1. The molecule has 0 atom stereocenters. The van der Waals surface area contributed by atoms with Crippen LogP contribution in [0, 0.1) is 17.3 Å². The third kappa shape index (κ3) is 6.36. The molecule has 256 valence electrons. The number of carbonyl (C=O) groups excluding carboxylic acids is 1. The average Bonchev–Trinajstić information content (AvgIpc) is 3.51. The van der Waals surface area contributed by atoms with Gasteiger partial charge in [0.2, 0.25) is 0 Å². The van der Waals surface area contributed by atoms with Crippen LogP contribution in [0.4, 0.5) is 11.4 Å². The van der Waals surface area contributed by atoms with E-state index in [1.54, 1.807) is 32.4 Å². The van der Waals surface area contributed by atoms with Gasteiger partial charge in [0, 0.05) is 62.1 Å². The number of ether oxygens (including phenoxy) is 4. The highest BCUT2D eigenvalue weighted by molar-refractivity contribution is 6.41. The minimum Gasteiger partial charge on any atom is -0.496 e. The number of hydrogen-bond acceptors (Lipinski definition) is 9. The van der Waals surface area contributed by atoms with Gasteiger partial charge in [0.1, 0.15) is 22.9 Å². The van der Waals surface area contributed by atoms with Crippen molar-refractivity contribution in [1.29, 1.82) is 0 Å². The van der Waals surface area contributed by atoms with Gasteiger partial charge in [0.25, 0.3) is 11.5 Å². The zero-order chi connectivity index (χ0) is 34.9. The Hall–Kier alpha value is -4.50. The van der Waals surface area contributed by atoms with Gasteiger partial charge in [-0.3, -0.25) is 14.2 Å². The third-order valence-electron chi connectivity index (χ3n) is 9.36. The van der Waals surface area contributed by atoms with Crippen LogP contribution in [0.2, 0.25) is 10.0 Å². The molecule has 2 fully saturated rings. The van der Waals surface area contributed by atoms with Crippen molar-refractivity contribution >= 4 is 51.5 Å². The highest BCUT2D eigenvalue weighted by Gasteiger charge is 2.40. The number of rotatable bonds is 8. The van der Waals surface area contributed by atoms with E-state index in [9.17, 15) is 9.59 Å². The SMILES string of the molecule is CC#CC(=O)Nc1cc(-c2ncc3cc(-c4c(Cl)c(OC)cc(OC)c4Cl)c(=O)n(CC)c3n2)c(OC)cc1N1CCC2(CCOCC2)C1. The van der Waals surface area contributed by atoms with Crippen molar-refractivity contribution in [3.8, 4) is 51.6 Å². The van der Waals surface area contributed by atoms with Crippen LogP contribution in [0.1, 0.15) is 33.1 Å². The lowest BCUT2D eigenvalue weighted by molar-refractivity contribution is -0.111. The highest BCUT2D eigenvalue weighted by Crippen LogP contribution is 2.47. The van der Waals surface area contributed by atoms with E-state index < -0.39 is 5.91 Å². The molecule has 2 aliphatic heterocycles. The lowest BCUT2D eigenvalue weighted by Gasteiger charge is -2.34. The van der Waals surface area contributed by atoms with Crippen LogP contribution in [-0.2, 0) is 16.1 Å². The summed E-state index contributed by atoms with van der Waals surface area (Å²) in [7, 11) is 4.53. The van der Waals surface area contributed by atoms with Crippen LogP contribution in [0.3, 0.4) is 0 Å².